The zero-order valence-corrected chi connectivity index (χ0v) is 8.32. The van der Waals surface area contributed by atoms with Crippen LogP contribution in [0, 0.1) is 0 Å². The standard InChI is InChI=1S/C8H12N2O3S/c11-6(1-2-14)7(12)5-3-9-4-10-8(5)13/h3-4,6-7,11-12,14H,1-2H2,(H,9,10,13). The van der Waals surface area contributed by atoms with Crippen LogP contribution < -0.4 is 5.56 Å². The Balaban J connectivity index is 2.84. The molecule has 2 atom stereocenters. The van der Waals surface area contributed by atoms with Crippen molar-refractivity contribution in [1.29, 1.82) is 0 Å². The first kappa shape index (κ1) is 11.2. The summed E-state index contributed by atoms with van der Waals surface area (Å²) in [6.07, 6.45) is 0.588. The molecule has 0 fully saturated rings. The summed E-state index contributed by atoms with van der Waals surface area (Å²) >= 11 is 3.92. The minimum atomic E-state index is -1.21. The van der Waals surface area contributed by atoms with Gasteiger partial charge in [0.1, 0.15) is 6.10 Å². The monoisotopic (exact) mass is 216 g/mol. The van der Waals surface area contributed by atoms with Crippen molar-refractivity contribution in [3.63, 3.8) is 0 Å². The van der Waals surface area contributed by atoms with Gasteiger partial charge in [0.2, 0.25) is 0 Å². The molecule has 0 aromatic carbocycles. The molecule has 5 nitrogen and oxygen atoms in total. The first-order valence-corrected chi connectivity index (χ1v) is 4.79. The molecular formula is C8H12N2O3S. The second-order valence-corrected chi connectivity index (χ2v) is 3.31. The summed E-state index contributed by atoms with van der Waals surface area (Å²) in [5, 5.41) is 19.0. The summed E-state index contributed by atoms with van der Waals surface area (Å²) in [6.45, 7) is 0. The third-order valence-corrected chi connectivity index (χ3v) is 2.11. The molecule has 0 saturated carbocycles. The SMILES string of the molecule is O=c1[nH]cncc1C(O)C(O)CCS. The van der Waals surface area contributed by atoms with E-state index in [4.69, 9.17) is 0 Å². The van der Waals surface area contributed by atoms with Crippen LogP contribution in [-0.4, -0.2) is 32.0 Å². The van der Waals surface area contributed by atoms with E-state index < -0.39 is 17.8 Å². The number of thiol groups is 1. The van der Waals surface area contributed by atoms with E-state index in [0.717, 1.165) is 0 Å². The number of nitrogens with one attached hydrogen (secondary N) is 1. The lowest BCUT2D eigenvalue weighted by Gasteiger charge is -2.15. The van der Waals surface area contributed by atoms with Crippen molar-refractivity contribution in [1.82, 2.24) is 9.97 Å². The average molecular weight is 216 g/mol. The fourth-order valence-electron chi connectivity index (χ4n) is 1.06. The predicted molar refractivity (Wildman–Crippen MR) is 54.3 cm³/mol. The molecule has 6 heteroatoms. The highest BCUT2D eigenvalue weighted by Gasteiger charge is 2.20. The van der Waals surface area contributed by atoms with Gasteiger partial charge in [-0.15, -0.1) is 0 Å². The molecule has 0 saturated heterocycles. The van der Waals surface area contributed by atoms with E-state index in [1.165, 1.54) is 12.5 Å². The molecule has 78 valence electrons. The molecule has 0 bridgehead atoms. The van der Waals surface area contributed by atoms with Gasteiger partial charge in [-0.1, -0.05) is 0 Å². The highest BCUT2D eigenvalue weighted by molar-refractivity contribution is 7.80. The van der Waals surface area contributed by atoms with Crippen molar-refractivity contribution in [2.45, 2.75) is 18.6 Å². The topological polar surface area (TPSA) is 86.2 Å². The Morgan fingerprint density at radius 2 is 2.29 bits per heavy atom. The molecule has 0 amide bonds. The molecule has 0 aliphatic heterocycles. The largest absolute Gasteiger partial charge is 0.390 e. The lowest BCUT2D eigenvalue weighted by Crippen LogP contribution is -2.25. The van der Waals surface area contributed by atoms with E-state index in [9.17, 15) is 15.0 Å². The Labute approximate surface area is 86.2 Å². The van der Waals surface area contributed by atoms with Crippen LogP contribution in [0.15, 0.2) is 17.3 Å². The first-order chi connectivity index (χ1) is 6.66. The van der Waals surface area contributed by atoms with E-state index in [1.54, 1.807) is 0 Å². The number of hydrogen-bond acceptors (Lipinski definition) is 5. The third-order valence-electron chi connectivity index (χ3n) is 1.85. The third kappa shape index (κ3) is 2.57. The Hall–Kier alpha value is -0.850. The van der Waals surface area contributed by atoms with Crippen LogP contribution in [0.3, 0.4) is 0 Å². The van der Waals surface area contributed by atoms with Gasteiger partial charge in [-0.2, -0.15) is 12.6 Å². The molecule has 0 aliphatic rings. The molecule has 0 radical (unpaired) electrons. The normalized spacial score (nSPS) is 15.1. The number of aromatic amines is 1. The number of aliphatic hydroxyl groups is 2. The van der Waals surface area contributed by atoms with Gasteiger partial charge in [0, 0.05) is 6.20 Å². The summed E-state index contributed by atoms with van der Waals surface area (Å²) < 4.78 is 0. The van der Waals surface area contributed by atoms with E-state index in [1.807, 2.05) is 0 Å². The molecule has 3 N–H and O–H groups in total. The number of rotatable bonds is 4. The van der Waals surface area contributed by atoms with Crippen LogP contribution in [0.1, 0.15) is 18.1 Å². The summed E-state index contributed by atoms with van der Waals surface area (Å²) in [5.74, 6) is 0.441. The summed E-state index contributed by atoms with van der Waals surface area (Å²) in [6, 6.07) is 0. The Morgan fingerprint density at radius 1 is 1.57 bits per heavy atom. The number of H-pyrrole nitrogens is 1. The Kier molecular flexibility index (Phi) is 4.12. The quantitative estimate of drug-likeness (QED) is 0.510. The van der Waals surface area contributed by atoms with Gasteiger partial charge in [-0.3, -0.25) is 4.79 Å². The minimum Gasteiger partial charge on any atom is -0.390 e. The van der Waals surface area contributed by atoms with Gasteiger partial charge in [0.05, 0.1) is 18.0 Å². The van der Waals surface area contributed by atoms with Gasteiger partial charge in [0.15, 0.2) is 0 Å². The van der Waals surface area contributed by atoms with E-state index in [0.29, 0.717) is 12.2 Å². The van der Waals surface area contributed by atoms with Crippen molar-refractivity contribution >= 4 is 12.6 Å². The fourth-order valence-corrected chi connectivity index (χ4v) is 1.33. The maximum absolute atomic E-state index is 11.2. The minimum absolute atomic E-state index is 0.0711. The van der Waals surface area contributed by atoms with E-state index in [-0.39, 0.29) is 5.56 Å². The smallest absolute Gasteiger partial charge is 0.256 e. The van der Waals surface area contributed by atoms with Gasteiger partial charge >= 0.3 is 0 Å². The summed E-state index contributed by atoms with van der Waals surface area (Å²) in [4.78, 5) is 17.2. The van der Waals surface area contributed by atoms with Crippen LogP contribution in [0.5, 0.6) is 0 Å². The van der Waals surface area contributed by atoms with Gasteiger partial charge < -0.3 is 15.2 Å². The summed E-state index contributed by atoms with van der Waals surface area (Å²) in [7, 11) is 0. The molecule has 1 rings (SSSR count). The Morgan fingerprint density at radius 3 is 2.86 bits per heavy atom. The second kappa shape index (κ2) is 5.14. The molecule has 0 aliphatic carbocycles. The predicted octanol–water partition coefficient (Wildman–Crippen LogP) is -0.516. The van der Waals surface area contributed by atoms with Crippen LogP contribution in [0.25, 0.3) is 0 Å². The molecule has 1 aromatic rings. The first-order valence-electron chi connectivity index (χ1n) is 4.16. The molecule has 0 spiro atoms. The average Bonchev–Trinajstić information content (AvgIpc) is 2.18. The lowest BCUT2D eigenvalue weighted by molar-refractivity contribution is 0.0162. The molecular weight excluding hydrogens is 204 g/mol. The van der Waals surface area contributed by atoms with Crippen LogP contribution in [0.4, 0.5) is 0 Å². The van der Waals surface area contributed by atoms with Gasteiger partial charge in [-0.05, 0) is 12.2 Å². The Bertz CT molecular complexity index is 341. The zero-order valence-electron chi connectivity index (χ0n) is 7.42. The highest BCUT2D eigenvalue weighted by atomic mass is 32.1. The van der Waals surface area contributed by atoms with Crippen LogP contribution in [0.2, 0.25) is 0 Å². The van der Waals surface area contributed by atoms with Crippen molar-refractivity contribution in [2.24, 2.45) is 0 Å². The number of nitrogens with zero attached hydrogens (tertiary/aromatic N) is 1. The maximum Gasteiger partial charge on any atom is 0.256 e. The number of hydrogen-bond donors (Lipinski definition) is 4. The van der Waals surface area contributed by atoms with E-state index in [2.05, 4.69) is 22.6 Å². The summed E-state index contributed by atoms with van der Waals surface area (Å²) in [5.41, 5.74) is -0.368. The van der Waals surface area contributed by atoms with Crippen molar-refractivity contribution in [2.75, 3.05) is 5.75 Å². The van der Waals surface area contributed by atoms with Crippen molar-refractivity contribution < 1.29 is 10.2 Å². The molecule has 1 aromatic heterocycles. The zero-order chi connectivity index (χ0) is 10.6. The van der Waals surface area contributed by atoms with E-state index >= 15 is 0 Å². The van der Waals surface area contributed by atoms with Crippen LogP contribution in [-0.2, 0) is 0 Å². The van der Waals surface area contributed by atoms with Crippen molar-refractivity contribution in [3.8, 4) is 0 Å². The fraction of sp³-hybridized carbons (Fsp3) is 0.500. The number of aliphatic hydroxyl groups excluding tert-OH is 2. The second-order valence-electron chi connectivity index (χ2n) is 2.86. The van der Waals surface area contributed by atoms with Gasteiger partial charge in [0.25, 0.3) is 5.56 Å². The maximum atomic E-state index is 11.2. The van der Waals surface area contributed by atoms with Gasteiger partial charge in [-0.25, -0.2) is 4.98 Å². The molecule has 2 unspecified atom stereocenters. The lowest BCUT2D eigenvalue weighted by atomic mass is 10.1. The molecule has 1 heterocycles. The van der Waals surface area contributed by atoms with Crippen molar-refractivity contribution in [3.05, 3.63) is 28.4 Å². The van der Waals surface area contributed by atoms with Crippen LogP contribution >= 0.6 is 12.6 Å². The highest BCUT2D eigenvalue weighted by Crippen LogP contribution is 2.14. The molecule has 14 heavy (non-hydrogen) atoms. The number of aromatic nitrogens is 2.